The molecule has 0 aromatic heterocycles. The van der Waals surface area contributed by atoms with E-state index in [0.717, 1.165) is 4.31 Å². The number of carboxylic acids is 1. The Hall–Kier alpha value is -0.660. The molecule has 2 N–H and O–H groups in total. The van der Waals surface area contributed by atoms with E-state index in [0.29, 0.717) is 13.0 Å². The highest BCUT2D eigenvalue weighted by molar-refractivity contribution is 7.87. The number of rotatable bonds is 6. The summed E-state index contributed by atoms with van der Waals surface area (Å²) in [6, 6.07) is -1.11. The van der Waals surface area contributed by atoms with Gasteiger partial charge in [-0.2, -0.15) is 17.4 Å². The summed E-state index contributed by atoms with van der Waals surface area (Å²) < 4.78 is 25.9. The van der Waals surface area contributed by atoms with Crippen LogP contribution in [0.2, 0.25) is 0 Å². The third kappa shape index (κ3) is 4.03. The lowest BCUT2D eigenvalue weighted by atomic mass is 10.4. The van der Waals surface area contributed by atoms with Crippen molar-refractivity contribution in [3.63, 3.8) is 0 Å². The van der Waals surface area contributed by atoms with Crippen LogP contribution in [0.15, 0.2) is 0 Å². The van der Waals surface area contributed by atoms with Crippen LogP contribution in [0.1, 0.15) is 20.3 Å². The summed E-state index contributed by atoms with van der Waals surface area (Å²) >= 11 is 0. The number of aliphatic carboxylic acids is 1. The van der Waals surface area contributed by atoms with Crippen molar-refractivity contribution in [1.29, 1.82) is 0 Å². The molecule has 0 aliphatic carbocycles. The van der Waals surface area contributed by atoms with Crippen LogP contribution in [0.4, 0.5) is 0 Å². The van der Waals surface area contributed by atoms with Gasteiger partial charge in [0, 0.05) is 13.6 Å². The molecule has 0 radical (unpaired) electrons. The van der Waals surface area contributed by atoms with Gasteiger partial charge in [-0.1, -0.05) is 6.92 Å². The van der Waals surface area contributed by atoms with Gasteiger partial charge >= 0.3 is 5.97 Å². The quantitative estimate of drug-likeness (QED) is 0.645. The van der Waals surface area contributed by atoms with Gasteiger partial charge in [-0.3, -0.25) is 4.79 Å². The number of carbonyl (C=O) groups is 1. The van der Waals surface area contributed by atoms with E-state index in [1.165, 1.54) is 14.0 Å². The van der Waals surface area contributed by atoms with E-state index < -0.39 is 22.2 Å². The molecule has 1 unspecified atom stereocenters. The topological polar surface area (TPSA) is 86.7 Å². The minimum absolute atomic E-state index is 0.363. The highest BCUT2D eigenvalue weighted by atomic mass is 32.2. The lowest BCUT2D eigenvalue weighted by Gasteiger charge is -2.18. The summed E-state index contributed by atoms with van der Waals surface area (Å²) in [6.07, 6.45) is 0.679. The van der Waals surface area contributed by atoms with Crippen molar-refractivity contribution in [1.82, 2.24) is 9.03 Å². The Bertz CT molecular complexity index is 288. The second kappa shape index (κ2) is 5.28. The smallest absolute Gasteiger partial charge is 0.321 e. The first-order valence-electron chi connectivity index (χ1n) is 4.27. The number of hydrogen-bond acceptors (Lipinski definition) is 3. The normalized spacial score (nSPS) is 14.3. The Balaban J connectivity index is 4.41. The molecule has 0 aromatic rings. The van der Waals surface area contributed by atoms with Crippen LogP contribution in [-0.2, 0) is 15.0 Å². The predicted molar refractivity (Wildman–Crippen MR) is 52.1 cm³/mol. The maximum atomic E-state index is 11.4. The fraction of sp³-hybridized carbons (Fsp3) is 0.857. The second-order valence-electron chi connectivity index (χ2n) is 3.00. The predicted octanol–water partition coefficient (Wildman–Crippen LogP) is -0.364. The third-order valence-corrected chi connectivity index (χ3v) is 3.30. The van der Waals surface area contributed by atoms with Crippen molar-refractivity contribution < 1.29 is 18.3 Å². The fourth-order valence-electron chi connectivity index (χ4n) is 0.799. The van der Waals surface area contributed by atoms with Gasteiger partial charge in [0.05, 0.1) is 0 Å². The van der Waals surface area contributed by atoms with Crippen LogP contribution in [-0.4, -0.2) is 43.4 Å². The zero-order valence-electron chi connectivity index (χ0n) is 8.52. The van der Waals surface area contributed by atoms with Crippen molar-refractivity contribution in [3.8, 4) is 0 Å². The largest absolute Gasteiger partial charge is 0.480 e. The molecule has 0 aromatic carbocycles. The van der Waals surface area contributed by atoms with Gasteiger partial charge in [0.1, 0.15) is 6.04 Å². The molecule has 14 heavy (non-hydrogen) atoms. The number of carboxylic acid groups (broad SMARTS) is 1. The lowest BCUT2D eigenvalue weighted by molar-refractivity contribution is -0.138. The van der Waals surface area contributed by atoms with Gasteiger partial charge in [-0.05, 0) is 13.3 Å². The molecule has 0 spiro atoms. The molecule has 84 valence electrons. The van der Waals surface area contributed by atoms with Crippen LogP contribution in [0.3, 0.4) is 0 Å². The molecule has 7 heteroatoms. The lowest BCUT2D eigenvalue weighted by Crippen LogP contribution is -2.45. The molecule has 1 atom stereocenters. The summed E-state index contributed by atoms with van der Waals surface area (Å²) in [6.45, 7) is 3.48. The summed E-state index contributed by atoms with van der Waals surface area (Å²) in [5.74, 6) is -1.20. The van der Waals surface area contributed by atoms with E-state index in [4.69, 9.17) is 5.11 Å². The highest BCUT2D eigenvalue weighted by Gasteiger charge is 2.22. The number of hydrogen-bond donors (Lipinski definition) is 2. The monoisotopic (exact) mass is 224 g/mol. The molecule has 0 amide bonds. The summed E-state index contributed by atoms with van der Waals surface area (Å²) in [5, 5.41) is 8.51. The third-order valence-electron chi connectivity index (χ3n) is 1.64. The molecular weight excluding hydrogens is 208 g/mol. The minimum Gasteiger partial charge on any atom is -0.480 e. The average molecular weight is 224 g/mol. The maximum Gasteiger partial charge on any atom is 0.321 e. The first kappa shape index (κ1) is 13.3. The van der Waals surface area contributed by atoms with Gasteiger partial charge in [0.25, 0.3) is 10.2 Å². The van der Waals surface area contributed by atoms with Crippen molar-refractivity contribution in [3.05, 3.63) is 0 Å². The average Bonchev–Trinajstić information content (AvgIpc) is 2.03. The number of nitrogens with zero attached hydrogens (tertiary/aromatic N) is 1. The Morgan fingerprint density at radius 3 is 2.43 bits per heavy atom. The molecule has 0 aliphatic heterocycles. The van der Waals surface area contributed by atoms with Crippen molar-refractivity contribution in [2.75, 3.05) is 13.6 Å². The zero-order chi connectivity index (χ0) is 11.4. The Morgan fingerprint density at radius 1 is 1.57 bits per heavy atom. The van der Waals surface area contributed by atoms with Crippen LogP contribution >= 0.6 is 0 Å². The van der Waals surface area contributed by atoms with Crippen LogP contribution in [0, 0.1) is 0 Å². The van der Waals surface area contributed by atoms with Crippen LogP contribution in [0.5, 0.6) is 0 Å². The van der Waals surface area contributed by atoms with Crippen molar-refractivity contribution >= 4 is 16.2 Å². The highest BCUT2D eigenvalue weighted by Crippen LogP contribution is 1.97. The molecule has 0 bridgehead atoms. The van der Waals surface area contributed by atoms with Gasteiger partial charge in [0.15, 0.2) is 0 Å². The van der Waals surface area contributed by atoms with E-state index in [9.17, 15) is 13.2 Å². The maximum absolute atomic E-state index is 11.4. The molecule has 0 rings (SSSR count). The van der Waals surface area contributed by atoms with Crippen LogP contribution in [0.25, 0.3) is 0 Å². The van der Waals surface area contributed by atoms with E-state index in [1.807, 2.05) is 11.6 Å². The minimum atomic E-state index is -3.66. The standard InChI is InChI=1S/C7H16N2O4S/c1-4-5-9(3)14(12,13)8-6(2)7(10)11/h6,8H,4-5H2,1-3H3,(H,10,11). The van der Waals surface area contributed by atoms with E-state index in [2.05, 4.69) is 0 Å². The van der Waals surface area contributed by atoms with E-state index in [1.54, 1.807) is 0 Å². The Morgan fingerprint density at radius 2 is 2.07 bits per heavy atom. The summed E-state index contributed by atoms with van der Waals surface area (Å²) in [7, 11) is -2.26. The first-order valence-corrected chi connectivity index (χ1v) is 5.71. The molecule has 0 aliphatic rings. The summed E-state index contributed by atoms with van der Waals surface area (Å²) in [5.41, 5.74) is 0. The zero-order valence-corrected chi connectivity index (χ0v) is 9.34. The van der Waals surface area contributed by atoms with Crippen molar-refractivity contribution in [2.24, 2.45) is 0 Å². The molecule has 0 saturated heterocycles. The van der Waals surface area contributed by atoms with Crippen molar-refractivity contribution in [2.45, 2.75) is 26.3 Å². The Labute approximate surface area is 84.1 Å². The molecule has 0 fully saturated rings. The van der Waals surface area contributed by atoms with Crippen LogP contribution < -0.4 is 4.72 Å². The molecule has 0 heterocycles. The Kier molecular flexibility index (Phi) is 5.03. The number of nitrogens with one attached hydrogen (secondary N) is 1. The molecule has 6 nitrogen and oxygen atoms in total. The van der Waals surface area contributed by atoms with Gasteiger partial charge in [0.2, 0.25) is 0 Å². The first-order chi connectivity index (χ1) is 6.31. The fourth-order valence-corrected chi connectivity index (χ4v) is 1.95. The summed E-state index contributed by atoms with van der Waals surface area (Å²) in [4.78, 5) is 10.4. The van der Waals surface area contributed by atoms with Gasteiger partial charge < -0.3 is 5.11 Å². The van der Waals surface area contributed by atoms with Gasteiger partial charge in [-0.15, -0.1) is 0 Å². The second-order valence-corrected chi connectivity index (χ2v) is 4.81. The van der Waals surface area contributed by atoms with E-state index in [-0.39, 0.29) is 0 Å². The molecular formula is C7H16N2O4S. The molecule has 0 saturated carbocycles. The van der Waals surface area contributed by atoms with E-state index >= 15 is 0 Å². The van der Waals surface area contributed by atoms with Gasteiger partial charge in [-0.25, -0.2) is 0 Å². The SMILES string of the molecule is CCCN(C)S(=O)(=O)NC(C)C(=O)O.